The molecular weight excluding hydrogens is 497 g/mol. The summed E-state index contributed by atoms with van der Waals surface area (Å²) < 4.78 is 25.7. The van der Waals surface area contributed by atoms with E-state index in [0.29, 0.717) is 60.8 Å². The van der Waals surface area contributed by atoms with Crippen LogP contribution in [0.4, 0.5) is 14.9 Å². The lowest BCUT2D eigenvalue weighted by Gasteiger charge is -2.16. The van der Waals surface area contributed by atoms with E-state index in [1.807, 2.05) is 0 Å². The molecule has 4 heterocycles. The van der Waals surface area contributed by atoms with Crippen molar-refractivity contribution in [3.05, 3.63) is 48.0 Å². The number of halogens is 1. The monoisotopic (exact) mass is 525 g/mol. The third-order valence-corrected chi connectivity index (χ3v) is 6.18. The van der Waals surface area contributed by atoms with Gasteiger partial charge in [-0.05, 0) is 38.4 Å². The average molecular weight is 526 g/mol. The minimum atomic E-state index is -0.519. The van der Waals surface area contributed by atoms with E-state index in [2.05, 4.69) is 20.5 Å². The molecule has 0 spiro atoms. The smallest absolute Gasteiger partial charge is 0.414 e. The maximum Gasteiger partial charge on any atom is 0.414 e. The molecule has 1 amide bonds. The Morgan fingerprint density at radius 1 is 1.24 bits per heavy atom. The summed E-state index contributed by atoms with van der Waals surface area (Å²) in [4.78, 5) is 37.0. The highest BCUT2D eigenvalue weighted by Crippen LogP contribution is 2.29. The molecule has 1 fully saturated rings. The summed E-state index contributed by atoms with van der Waals surface area (Å²) in [6.07, 6.45) is 0.739. The Bertz CT molecular complexity index is 1250. The molecule has 2 atom stereocenters. The average Bonchev–Trinajstić information content (AvgIpc) is 3.65. The van der Waals surface area contributed by atoms with Gasteiger partial charge in [0.05, 0.1) is 44.1 Å². The van der Waals surface area contributed by atoms with Crippen molar-refractivity contribution < 1.29 is 28.3 Å². The molecule has 13 heteroatoms. The second kappa shape index (κ2) is 11.1. The molecule has 5 rings (SSSR count). The SMILES string of the molecule is CN(C)CC(=O)OC[C@@H]1CC(c2ccc(-c3ccc(N4C[C@H](CN5CCN=N5)OC4=O)cc3F)cn2)=NO1. The minimum absolute atomic E-state index is 0.101. The van der Waals surface area contributed by atoms with Crippen molar-refractivity contribution in [2.75, 3.05) is 58.3 Å². The van der Waals surface area contributed by atoms with Gasteiger partial charge < -0.3 is 14.3 Å². The molecule has 1 saturated heterocycles. The van der Waals surface area contributed by atoms with Crippen LogP contribution in [-0.2, 0) is 19.1 Å². The highest BCUT2D eigenvalue weighted by Gasteiger charge is 2.34. The number of likely N-dealkylation sites (N-methyl/N-ethyl adjacent to an activating group) is 1. The van der Waals surface area contributed by atoms with Crippen LogP contribution in [0.5, 0.6) is 0 Å². The zero-order chi connectivity index (χ0) is 26.6. The van der Waals surface area contributed by atoms with Crippen molar-refractivity contribution in [2.45, 2.75) is 18.6 Å². The molecule has 0 radical (unpaired) electrons. The fourth-order valence-electron chi connectivity index (χ4n) is 4.32. The number of hydrogen-bond acceptors (Lipinski definition) is 11. The van der Waals surface area contributed by atoms with Crippen molar-refractivity contribution >= 4 is 23.5 Å². The van der Waals surface area contributed by atoms with E-state index in [-0.39, 0.29) is 31.3 Å². The van der Waals surface area contributed by atoms with Gasteiger partial charge in [-0.1, -0.05) is 16.4 Å². The van der Waals surface area contributed by atoms with Gasteiger partial charge in [-0.15, -0.1) is 0 Å². The first kappa shape index (κ1) is 25.5. The highest BCUT2D eigenvalue weighted by molar-refractivity contribution is 5.99. The van der Waals surface area contributed by atoms with E-state index in [9.17, 15) is 9.59 Å². The molecule has 1 aromatic heterocycles. The fourth-order valence-corrected chi connectivity index (χ4v) is 4.32. The Labute approximate surface area is 218 Å². The number of rotatable bonds is 9. The third kappa shape index (κ3) is 5.88. The Morgan fingerprint density at radius 3 is 2.82 bits per heavy atom. The van der Waals surface area contributed by atoms with Gasteiger partial charge >= 0.3 is 12.1 Å². The number of esters is 1. The molecular formula is C25H28FN7O5. The van der Waals surface area contributed by atoms with Crippen molar-refractivity contribution in [3.8, 4) is 11.1 Å². The molecule has 0 bridgehead atoms. The summed E-state index contributed by atoms with van der Waals surface area (Å²) in [5, 5.41) is 13.7. The predicted molar refractivity (Wildman–Crippen MR) is 134 cm³/mol. The molecule has 1 aromatic carbocycles. The summed E-state index contributed by atoms with van der Waals surface area (Å²) >= 11 is 0. The lowest BCUT2D eigenvalue weighted by atomic mass is 10.0. The molecule has 12 nitrogen and oxygen atoms in total. The summed E-state index contributed by atoms with van der Waals surface area (Å²) in [5.74, 6) is -0.818. The second-order valence-corrected chi connectivity index (χ2v) is 9.47. The molecule has 2 aromatic rings. The van der Waals surface area contributed by atoms with E-state index in [1.165, 1.54) is 11.0 Å². The van der Waals surface area contributed by atoms with Crippen LogP contribution in [0.25, 0.3) is 11.1 Å². The number of oxime groups is 1. The lowest BCUT2D eigenvalue weighted by Crippen LogP contribution is -2.31. The van der Waals surface area contributed by atoms with Gasteiger partial charge in [-0.3, -0.25) is 24.6 Å². The van der Waals surface area contributed by atoms with Gasteiger partial charge in [0, 0.05) is 23.7 Å². The zero-order valence-corrected chi connectivity index (χ0v) is 21.1. The van der Waals surface area contributed by atoms with Crippen LogP contribution in [0.3, 0.4) is 0 Å². The zero-order valence-electron chi connectivity index (χ0n) is 21.1. The van der Waals surface area contributed by atoms with Crippen LogP contribution in [0.15, 0.2) is 52.0 Å². The molecule has 0 unspecified atom stereocenters. The molecule has 3 aliphatic rings. The molecule has 0 aliphatic carbocycles. The lowest BCUT2D eigenvalue weighted by molar-refractivity contribution is -0.147. The van der Waals surface area contributed by atoms with E-state index < -0.39 is 11.9 Å². The van der Waals surface area contributed by atoms with Gasteiger partial charge in [0.2, 0.25) is 0 Å². The Kier molecular flexibility index (Phi) is 7.45. The number of aromatic nitrogens is 1. The number of carbonyl (C=O) groups is 2. The number of cyclic esters (lactones) is 1. The first-order valence-corrected chi connectivity index (χ1v) is 12.3. The molecule has 200 valence electrons. The molecule has 3 aliphatic heterocycles. The van der Waals surface area contributed by atoms with Crippen LogP contribution in [0, 0.1) is 5.82 Å². The minimum Gasteiger partial charge on any atom is -0.461 e. The quantitative estimate of drug-likeness (QED) is 0.458. The summed E-state index contributed by atoms with van der Waals surface area (Å²) in [6.45, 7) is 2.37. The number of benzene rings is 1. The molecule has 0 saturated carbocycles. The Balaban J connectivity index is 1.18. The van der Waals surface area contributed by atoms with Crippen molar-refractivity contribution in [1.29, 1.82) is 0 Å². The number of pyridine rings is 1. The van der Waals surface area contributed by atoms with Crippen LogP contribution in [0.2, 0.25) is 0 Å². The summed E-state index contributed by atoms with van der Waals surface area (Å²) in [6, 6.07) is 8.11. The number of amides is 1. The highest BCUT2D eigenvalue weighted by atomic mass is 19.1. The Hall–Kier alpha value is -4.13. The van der Waals surface area contributed by atoms with Crippen LogP contribution < -0.4 is 4.90 Å². The first-order chi connectivity index (χ1) is 18.4. The topological polar surface area (TPSA) is 122 Å². The standard InChI is InChI=1S/C25H28FN7O5/c1-31(2)14-24(34)36-15-18-10-23(29-38-18)22-6-3-16(11-27-22)20-5-4-17(9-21(20)26)33-13-19(37-25(33)35)12-32-8-7-28-30-32/h3-6,9,11,18-19H,7-8,10,12-15H2,1-2H3/t18-,19-/m0/s1. The number of anilines is 1. The first-order valence-electron chi connectivity index (χ1n) is 12.3. The number of nitrogens with zero attached hydrogens (tertiary/aromatic N) is 7. The van der Waals surface area contributed by atoms with E-state index in [1.54, 1.807) is 54.5 Å². The third-order valence-electron chi connectivity index (χ3n) is 6.18. The number of hydrogen-bond donors (Lipinski definition) is 0. The van der Waals surface area contributed by atoms with Crippen molar-refractivity contribution in [3.63, 3.8) is 0 Å². The van der Waals surface area contributed by atoms with E-state index in [4.69, 9.17) is 14.3 Å². The normalized spacial score (nSPS) is 20.6. The van der Waals surface area contributed by atoms with E-state index in [0.717, 1.165) is 0 Å². The van der Waals surface area contributed by atoms with Gasteiger partial charge in [-0.25, -0.2) is 9.18 Å². The second-order valence-electron chi connectivity index (χ2n) is 9.47. The van der Waals surface area contributed by atoms with E-state index >= 15 is 4.39 Å². The van der Waals surface area contributed by atoms with Gasteiger partial charge in [0.1, 0.15) is 24.2 Å². The Morgan fingerprint density at radius 2 is 2.11 bits per heavy atom. The molecule has 0 N–H and O–H groups in total. The van der Waals surface area contributed by atoms with Gasteiger partial charge in [-0.2, -0.15) is 5.11 Å². The maximum atomic E-state index is 15.1. The summed E-state index contributed by atoms with van der Waals surface area (Å²) in [5.41, 5.74) is 2.56. The van der Waals surface area contributed by atoms with Crippen LogP contribution in [-0.4, -0.2) is 98.3 Å². The summed E-state index contributed by atoms with van der Waals surface area (Å²) in [7, 11) is 3.57. The largest absolute Gasteiger partial charge is 0.461 e. The predicted octanol–water partition coefficient (Wildman–Crippen LogP) is 2.49. The maximum absolute atomic E-state index is 15.1. The van der Waals surface area contributed by atoms with Crippen molar-refractivity contribution in [1.82, 2.24) is 14.9 Å². The van der Waals surface area contributed by atoms with Gasteiger partial charge in [0.15, 0.2) is 6.10 Å². The van der Waals surface area contributed by atoms with Gasteiger partial charge in [0.25, 0.3) is 0 Å². The van der Waals surface area contributed by atoms with Crippen molar-refractivity contribution in [2.24, 2.45) is 15.5 Å². The molecule has 38 heavy (non-hydrogen) atoms. The van der Waals surface area contributed by atoms with Crippen LogP contribution >= 0.6 is 0 Å². The number of carbonyl (C=O) groups excluding carboxylic acids is 2. The van der Waals surface area contributed by atoms with Crippen LogP contribution in [0.1, 0.15) is 12.1 Å². The fraction of sp³-hybridized carbons (Fsp3) is 0.440. The number of ether oxygens (including phenoxy) is 2.